The van der Waals surface area contributed by atoms with Crippen LogP contribution in [0.2, 0.25) is 0 Å². The zero-order valence-electron chi connectivity index (χ0n) is 13.5. The van der Waals surface area contributed by atoms with Crippen LogP contribution in [0.1, 0.15) is 6.92 Å². The number of carbonyl (C=O) groups excluding carboxylic acids is 1. The second-order valence-corrected chi connectivity index (χ2v) is 8.04. The zero-order chi connectivity index (χ0) is 18.7. The molecular formula is C17H13FN2O4S2. The van der Waals surface area contributed by atoms with Crippen LogP contribution in [0.25, 0.3) is 10.6 Å². The lowest BCUT2D eigenvalue weighted by atomic mass is 10.2. The lowest BCUT2D eigenvalue weighted by molar-refractivity contribution is -0.114. The third-order valence-electron chi connectivity index (χ3n) is 3.20. The van der Waals surface area contributed by atoms with E-state index in [0.717, 1.165) is 11.3 Å². The number of carbonyl (C=O) groups is 1. The van der Waals surface area contributed by atoms with Gasteiger partial charge in [-0.15, -0.1) is 0 Å². The van der Waals surface area contributed by atoms with Crippen molar-refractivity contribution in [3.63, 3.8) is 0 Å². The van der Waals surface area contributed by atoms with Crippen molar-refractivity contribution in [2.24, 2.45) is 0 Å². The summed E-state index contributed by atoms with van der Waals surface area (Å²) in [7, 11) is -4.05. The molecule has 134 valence electrons. The van der Waals surface area contributed by atoms with Gasteiger partial charge in [0.25, 0.3) is 0 Å². The van der Waals surface area contributed by atoms with E-state index >= 15 is 0 Å². The van der Waals surface area contributed by atoms with E-state index in [4.69, 9.17) is 4.18 Å². The Kier molecular flexibility index (Phi) is 5.01. The molecule has 2 aromatic carbocycles. The molecular weight excluding hydrogens is 379 g/mol. The first-order valence-corrected chi connectivity index (χ1v) is 9.60. The molecule has 0 radical (unpaired) electrons. The minimum Gasteiger partial charge on any atom is -0.378 e. The highest BCUT2D eigenvalue weighted by molar-refractivity contribution is 7.89. The molecule has 0 saturated heterocycles. The van der Waals surface area contributed by atoms with Gasteiger partial charge in [0.2, 0.25) is 5.91 Å². The van der Waals surface area contributed by atoms with Gasteiger partial charge in [0.05, 0.1) is 6.20 Å². The number of thiazole rings is 1. The summed E-state index contributed by atoms with van der Waals surface area (Å²) in [5, 5.41) is 3.01. The standard InChI is InChI=1S/C17H13FN2O4S2/c1-11(21)20-14-6-8-15(9-7-14)24-26(22,23)16-10-19-17(25-16)12-2-4-13(18)5-3-12/h2-10H,1H3,(H,20,21). The monoisotopic (exact) mass is 392 g/mol. The maximum atomic E-state index is 13.0. The van der Waals surface area contributed by atoms with Crippen molar-refractivity contribution in [1.29, 1.82) is 0 Å². The van der Waals surface area contributed by atoms with Crippen LogP contribution >= 0.6 is 11.3 Å². The molecule has 0 unspecified atom stereocenters. The van der Waals surface area contributed by atoms with Crippen molar-refractivity contribution in [3.05, 3.63) is 60.5 Å². The number of nitrogens with zero attached hydrogens (tertiary/aromatic N) is 1. The highest BCUT2D eigenvalue weighted by Gasteiger charge is 2.21. The molecule has 3 rings (SSSR count). The van der Waals surface area contributed by atoms with Gasteiger partial charge in [-0.1, -0.05) is 11.3 Å². The normalized spacial score (nSPS) is 11.2. The topological polar surface area (TPSA) is 85.4 Å². The smallest absolute Gasteiger partial charge is 0.350 e. The number of anilines is 1. The van der Waals surface area contributed by atoms with Crippen LogP contribution in [-0.2, 0) is 14.9 Å². The number of benzene rings is 2. The number of nitrogens with one attached hydrogen (secondary N) is 1. The van der Waals surface area contributed by atoms with Gasteiger partial charge >= 0.3 is 10.1 Å². The van der Waals surface area contributed by atoms with E-state index in [9.17, 15) is 17.6 Å². The van der Waals surface area contributed by atoms with Gasteiger partial charge in [0, 0.05) is 18.2 Å². The molecule has 26 heavy (non-hydrogen) atoms. The molecule has 9 heteroatoms. The van der Waals surface area contributed by atoms with Crippen molar-refractivity contribution in [2.75, 3.05) is 5.32 Å². The van der Waals surface area contributed by atoms with Gasteiger partial charge in [0.1, 0.15) is 16.6 Å². The summed E-state index contributed by atoms with van der Waals surface area (Å²) >= 11 is 0.926. The van der Waals surface area contributed by atoms with Crippen molar-refractivity contribution >= 4 is 33.0 Å². The van der Waals surface area contributed by atoms with Crippen LogP contribution in [0.4, 0.5) is 10.1 Å². The van der Waals surface area contributed by atoms with Crippen LogP contribution in [0, 0.1) is 5.82 Å². The Balaban J connectivity index is 1.78. The van der Waals surface area contributed by atoms with E-state index in [1.807, 2.05) is 0 Å². The zero-order valence-corrected chi connectivity index (χ0v) is 15.1. The maximum absolute atomic E-state index is 13.0. The fraction of sp³-hybridized carbons (Fsp3) is 0.0588. The molecule has 1 amide bonds. The Hall–Kier alpha value is -2.78. The summed E-state index contributed by atoms with van der Waals surface area (Å²) in [4.78, 5) is 15.0. The first-order valence-electron chi connectivity index (χ1n) is 7.37. The Labute approximate surface area is 153 Å². The molecule has 0 aliphatic carbocycles. The number of hydrogen-bond donors (Lipinski definition) is 1. The van der Waals surface area contributed by atoms with Crippen molar-refractivity contribution in [2.45, 2.75) is 11.1 Å². The van der Waals surface area contributed by atoms with Gasteiger partial charge in [0.15, 0.2) is 4.21 Å². The fourth-order valence-corrected chi connectivity index (χ4v) is 4.10. The van der Waals surface area contributed by atoms with E-state index in [0.29, 0.717) is 16.3 Å². The molecule has 0 atom stereocenters. The number of hydrogen-bond acceptors (Lipinski definition) is 6. The largest absolute Gasteiger partial charge is 0.378 e. The van der Waals surface area contributed by atoms with E-state index in [2.05, 4.69) is 10.3 Å². The summed E-state index contributed by atoms with van der Waals surface area (Å²) in [6.07, 6.45) is 1.20. The number of aromatic nitrogens is 1. The Morgan fingerprint density at radius 2 is 1.77 bits per heavy atom. The molecule has 0 saturated carbocycles. The summed E-state index contributed by atoms with van der Waals surface area (Å²) in [5.74, 6) is -0.510. The van der Waals surface area contributed by atoms with E-state index in [1.54, 1.807) is 0 Å². The van der Waals surface area contributed by atoms with Gasteiger partial charge in [-0.25, -0.2) is 9.37 Å². The minimum absolute atomic E-state index is 0.0669. The number of rotatable bonds is 5. The molecule has 3 aromatic rings. The maximum Gasteiger partial charge on any atom is 0.350 e. The van der Waals surface area contributed by atoms with Gasteiger partial charge in [-0.2, -0.15) is 8.42 Å². The second kappa shape index (κ2) is 7.22. The fourth-order valence-electron chi connectivity index (χ4n) is 2.07. The van der Waals surface area contributed by atoms with Gasteiger partial charge < -0.3 is 9.50 Å². The molecule has 0 fully saturated rings. The number of halogens is 1. The third-order valence-corrected chi connectivity index (χ3v) is 5.92. The van der Waals surface area contributed by atoms with Crippen LogP contribution in [0.5, 0.6) is 5.75 Å². The first-order chi connectivity index (χ1) is 12.3. The lowest BCUT2D eigenvalue weighted by Gasteiger charge is -2.06. The first kappa shape index (κ1) is 18.0. The van der Waals surface area contributed by atoms with Crippen LogP contribution in [0.3, 0.4) is 0 Å². The average molecular weight is 392 g/mol. The highest BCUT2D eigenvalue weighted by Crippen LogP contribution is 2.30. The summed E-state index contributed by atoms with van der Waals surface area (Å²) in [5.41, 5.74) is 1.14. The molecule has 6 nitrogen and oxygen atoms in total. The lowest BCUT2D eigenvalue weighted by Crippen LogP contribution is -2.08. The second-order valence-electron chi connectivity index (χ2n) is 5.23. The predicted octanol–water partition coefficient (Wildman–Crippen LogP) is 3.68. The van der Waals surface area contributed by atoms with Crippen LogP contribution in [-0.4, -0.2) is 19.3 Å². The summed E-state index contributed by atoms with van der Waals surface area (Å²) in [6, 6.07) is 11.5. The SMILES string of the molecule is CC(=O)Nc1ccc(OS(=O)(=O)c2cnc(-c3ccc(F)cc3)s2)cc1. The molecule has 1 heterocycles. The van der Waals surface area contributed by atoms with Crippen LogP contribution < -0.4 is 9.50 Å². The average Bonchev–Trinajstić information content (AvgIpc) is 3.08. The molecule has 0 spiro atoms. The van der Waals surface area contributed by atoms with Gasteiger partial charge in [-0.05, 0) is 48.5 Å². The molecule has 1 aromatic heterocycles. The minimum atomic E-state index is -4.05. The third kappa shape index (κ3) is 4.24. The van der Waals surface area contributed by atoms with Crippen molar-refractivity contribution in [3.8, 4) is 16.3 Å². The highest BCUT2D eigenvalue weighted by atomic mass is 32.3. The quantitative estimate of drug-likeness (QED) is 0.670. The summed E-state index contributed by atoms with van der Waals surface area (Å²) < 4.78 is 42.8. The predicted molar refractivity (Wildman–Crippen MR) is 96.1 cm³/mol. The van der Waals surface area contributed by atoms with Crippen LogP contribution in [0.15, 0.2) is 58.9 Å². The summed E-state index contributed by atoms with van der Waals surface area (Å²) in [6.45, 7) is 1.37. The molecule has 0 aliphatic heterocycles. The Bertz CT molecular complexity index is 1030. The van der Waals surface area contributed by atoms with E-state index in [1.165, 1.54) is 61.7 Å². The van der Waals surface area contributed by atoms with Crippen molar-refractivity contribution < 1.29 is 21.8 Å². The Morgan fingerprint density at radius 1 is 1.12 bits per heavy atom. The number of amides is 1. The molecule has 1 N–H and O–H groups in total. The van der Waals surface area contributed by atoms with E-state index in [-0.39, 0.29) is 21.7 Å². The molecule has 0 aliphatic rings. The Morgan fingerprint density at radius 3 is 2.38 bits per heavy atom. The molecule has 0 bridgehead atoms. The van der Waals surface area contributed by atoms with E-state index < -0.39 is 10.1 Å². The van der Waals surface area contributed by atoms with Gasteiger partial charge in [-0.3, -0.25) is 4.79 Å². The van der Waals surface area contributed by atoms with Crippen molar-refractivity contribution in [1.82, 2.24) is 4.98 Å².